The molecule has 1 N–H and O–H groups in total. The first-order valence-electron chi connectivity index (χ1n) is 8.22. The van der Waals surface area contributed by atoms with Crippen LogP contribution in [-0.4, -0.2) is 38.4 Å². The fraction of sp³-hybridized carbons (Fsp3) is 0.471. The number of piperidine rings is 1. The summed E-state index contributed by atoms with van der Waals surface area (Å²) in [5.74, 6) is 0.251. The quantitative estimate of drug-likeness (QED) is 0.887. The van der Waals surface area contributed by atoms with Crippen LogP contribution in [0, 0.1) is 0 Å². The van der Waals surface area contributed by atoms with Crippen molar-refractivity contribution < 1.29 is 0 Å². The van der Waals surface area contributed by atoms with E-state index in [-0.39, 0.29) is 17.4 Å². The predicted molar refractivity (Wildman–Crippen MR) is 93.1 cm³/mol. The summed E-state index contributed by atoms with van der Waals surface area (Å²) in [6.45, 7) is 2.89. The summed E-state index contributed by atoms with van der Waals surface area (Å²) in [7, 11) is 3.02. The van der Waals surface area contributed by atoms with Gasteiger partial charge in [-0.1, -0.05) is 30.3 Å². The second kappa shape index (κ2) is 7.00. The average Bonchev–Trinajstić information content (AvgIpc) is 2.60. The number of aryl methyl sites for hydroxylation is 1. The second-order valence-electron chi connectivity index (χ2n) is 6.30. The van der Waals surface area contributed by atoms with E-state index in [1.165, 1.54) is 17.3 Å². The Bertz CT molecular complexity index is 804. The maximum Gasteiger partial charge on any atom is 0.346 e. The van der Waals surface area contributed by atoms with Crippen molar-refractivity contribution in [3.8, 4) is 0 Å². The van der Waals surface area contributed by atoms with Crippen molar-refractivity contribution in [3.05, 3.63) is 56.7 Å². The first-order valence-corrected chi connectivity index (χ1v) is 8.22. The lowest BCUT2D eigenvalue weighted by Crippen LogP contribution is -2.43. The minimum atomic E-state index is -0.414. The van der Waals surface area contributed by atoms with Crippen LogP contribution >= 0.6 is 0 Å². The monoisotopic (exact) mass is 329 g/mol. The van der Waals surface area contributed by atoms with Gasteiger partial charge < -0.3 is 5.32 Å². The highest BCUT2D eigenvalue weighted by Gasteiger charge is 2.21. The first-order chi connectivity index (χ1) is 11.5. The highest BCUT2D eigenvalue weighted by molar-refractivity contribution is 5.31. The van der Waals surface area contributed by atoms with Gasteiger partial charge >= 0.3 is 5.69 Å². The van der Waals surface area contributed by atoms with Gasteiger partial charge in [0.05, 0.1) is 0 Å². The second-order valence-corrected chi connectivity index (χ2v) is 6.30. The van der Waals surface area contributed by atoms with Crippen LogP contribution in [0.2, 0.25) is 0 Å². The highest BCUT2D eigenvalue weighted by Crippen LogP contribution is 2.15. The molecule has 0 atom stereocenters. The number of aromatic nitrogens is 3. The maximum atomic E-state index is 12.1. The Morgan fingerprint density at radius 3 is 2.46 bits per heavy atom. The van der Waals surface area contributed by atoms with Gasteiger partial charge in [-0.05, 0) is 18.4 Å². The Balaban J connectivity index is 1.60. The lowest BCUT2D eigenvalue weighted by molar-refractivity contribution is 0.211. The summed E-state index contributed by atoms with van der Waals surface area (Å²) in [5, 5.41) is 7.27. The Kier molecular flexibility index (Phi) is 4.80. The van der Waals surface area contributed by atoms with Gasteiger partial charge in [0.15, 0.2) is 0 Å². The molecule has 24 heavy (non-hydrogen) atoms. The van der Waals surface area contributed by atoms with E-state index in [1.54, 1.807) is 7.05 Å². The first kappa shape index (κ1) is 16.4. The van der Waals surface area contributed by atoms with E-state index in [2.05, 4.69) is 39.6 Å². The van der Waals surface area contributed by atoms with Crippen LogP contribution in [0.1, 0.15) is 18.4 Å². The van der Waals surface area contributed by atoms with Gasteiger partial charge in [-0.25, -0.2) is 9.48 Å². The Morgan fingerprint density at radius 2 is 1.79 bits per heavy atom. The molecule has 1 aliphatic heterocycles. The standard InChI is InChI=1S/C17H23N5O2/c1-20-16(23)15(19-21(2)17(20)24)18-14-8-10-22(11-9-14)12-13-6-4-3-5-7-13/h3-7,14H,8-12H2,1-2H3,(H,18,19). The van der Waals surface area contributed by atoms with E-state index in [0.717, 1.165) is 37.0 Å². The van der Waals surface area contributed by atoms with Crippen LogP contribution < -0.4 is 16.6 Å². The number of anilines is 1. The van der Waals surface area contributed by atoms with Crippen molar-refractivity contribution in [2.75, 3.05) is 18.4 Å². The van der Waals surface area contributed by atoms with Crippen molar-refractivity contribution in [2.45, 2.75) is 25.4 Å². The number of hydrogen-bond donors (Lipinski definition) is 1. The van der Waals surface area contributed by atoms with E-state index in [1.807, 2.05) is 6.07 Å². The van der Waals surface area contributed by atoms with Crippen molar-refractivity contribution in [1.29, 1.82) is 0 Å². The topological polar surface area (TPSA) is 72.2 Å². The van der Waals surface area contributed by atoms with Crippen molar-refractivity contribution in [2.24, 2.45) is 14.1 Å². The van der Waals surface area contributed by atoms with E-state index in [4.69, 9.17) is 0 Å². The molecule has 2 aromatic rings. The molecule has 3 rings (SSSR count). The van der Waals surface area contributed by atoms with Gasteiger partial charge in [0.1, 0.15) is 0 Å². The highest BCUT2D eigenvalue weighted by atomic mass is 16.2. The molecular weight excluding hydrogens is 306 g/mol. The van der Waals surface area contributed by atoms with Crippen LogP contribution in [0.5, 0.6) is 0 Å². The van der Waals surface area contributed by atoms with Crippen molar-refractivity contribution in [1.82, 2.24) is 19.2 Å². The number of benzene rings is 1. The largest absolute Gasteiger partial charge is 0.361 e. The van der Waals surface area contributed by atoms with Gasteiger partial charge in [0, 0.05) is 39.8 Å². The van der Waals surface area contributed by atoms with Gasteiger partial charge in [-0.2, -0.15) is 0 Å². The predicted octanol–water partition coefficient (Wildman–Crippen LogP) is 0.555. The van der Waals surface area contributed by atoms with E-state index in [0.29, 0.717) is 0 Å². The molecule has 1 fully saturated rings. The Morgan fingerprint density at radius 1 is 1.12 bits per heavy atom. The zero-order valence-corrected chi connectivity index (χ0v) is 14.1. The Labute approximate surface area is 140 Å². The normalized spacial score (nSPS) is 16.2. The molecule has 0 radical (unpaired) electrons. The molecular formula is C17H23N5O2. The molecule has 0 saturated carbocycles. The molecule has 0 aliphatic carbocycles. The van der Waals surface area contributed by atoms with Crippen LogP contribution in [-0.2, 0) is 20.6 Å². The van der Waals surface area contributed by atoms with Crippen LogP contribution in [0.4, 0.5) is 5.82 Å². The fourth-order valence-corrected chi connectivity index (χ4v) is 3.06. The number of nitrogens with one attached hydrogen (secondary N) is 1. The Hall–Kier alpha value is -2.41. The zero-order chi connectivity index (χ0) is 17.1. The number of rotatable bonds is 4. The van der Waals surface area contributed by atoms with E-state index >= 15 is 0 Å². The molecule has 0 amide bonds. The third-order valence-corrected chi connectivity index (χ3v) is 4.50. The molecule has 2 heterocycles. The minimum Gasteiger partial charge on any atom is -0.361 e. The molecule has 7 nitrogen and oxygen atoms in total. The molecule has 0 spiro atoms. The van der Waals surface area contributed by atoms with Gasteiger partial charge in [0.2, 0.25) is 5.82 Å². The van der Waals surface area contributed by atoms with Crippen LogP contribution in [0.25, 0.3) is 0 Å². The lowest BCUT2D eigenvalue weighted by Gasteiger charge is -2.32. The van der Waals surface area contributed by atoms with Gasteiger partial charge in [0.25, 0.3) is 5.56 Å². The number of hydrogen-bond acceptors (Lipinski definition) is 5. The molecule has 1 aromatic carbocycles. The molecule has 7 heteroatoms. The smallest absolute Gasteiger partial charge is 0.346 e. The third kappa shape index (κ3) is 3.56. The summed E-state index contributed by atoms with van der Waals surface area (Å²) >= 11 is 0. The third-order valence-electron chi connectivity index (χ3n) is 4.50. The maximum absolute atomic E-state index is 12.1. The molecule has 128 valence electrons. The number of nitrogens with zero attached hydrogens (tertiary/aromatic N) is 4. The van der Waals surface area contributed by atoms with Crippen molar-refractivity contribution >= 4 is 5.82 Å². The number of likely N-dealkylation sites (tertiary alicyclic amines) is 1. The molecule has 0 unspecified atom stereocenters. The van der Waals surface area contributed by atoms with Gasteiger partial charge in [-0.15, -0.1) is 5.10 Å². The minimum absolute atomic E-state index is 0.203. The molecule has 1 aromatic heterocycles. The molecule has 0 bridgehead atoms. The SMILES string of the molecule is Cn1nc(NC2CCN(Cc3ccccc3)CC2)c(=O)n(C)c1=O. The average molecular weight is 329 g/mol. The lowest BCUT2D eigenvalue weighted by atomic mass is 10.0. The molecule has 1 aliphatic rings. The summed E-state index contributed by atoms with van der Waals surface area (Å²) in [5.41, 5.74) is 0.533. The van der Waals surface area contributed by atoms with Crippen molar-refractivity contribution in [3.63, 3.8) is 0 Å². The summed E-state index contributed by atoms with van der Waals surface area (Å²) in [6.07, 6.45) is 1.89. The fourth-order valence-electron chi connectivity index (χ4n) is 3.06. The summed E-state index contributed by atoms with van der Waals surface area (Å²) in [6, 6.07) is 10.6. The van der Waals surface area contributed by atoms with E-state index < -0.39 is 5.69 Å². The van der Waals surface area contributed by atoms with Crippen LogP contribution in [0.3, 0.4) is 0 Å². The summed E-state index contributed by atoms with van der Waals surface area (Å²) in [4.78, 5) is 26.2. The van der Waals surface area contributed by atoms with Gasteiger partial charge in [-0.3, -0.25) is 14.3 Å². The zero-order valence-electron chi connectivity index (χ0n) is 14.1. The van der Waals surface area contributed by atoms with Crippen LogP contribution in [0.15, 0.2) is 39.9 Å². The summed E-state index contributed by atoms with van der Waals surface area (Å²) < 4.78 is 2.27. The van der Waals surface area contributed by atoms with E-state index in [9.17, 15) is 9.59 Å². The molecule has 1 saturated heterocycles.